The van der Waals surface area contributed by atoms with Crippen LogP contribution in [-0.4, -0.2) is 5.78 Å². The van der Waals surface area contributed by atoms with Crippen LogP contribution in [0.1, 0.15) is 30.0 Å². The number of rotatable bonds is 0. The van der Waals surface area contributed by atoms with E-state index in [2.05, 4.69) is 32.0 Å². The molecule has 0 heterocycles. The van der Waals surface area contributed by atoms with E-state index in [1.165, 1.54) is 16.7 Å². The number of hydrogen-bond donors (Lipinski definition) is 0. The van der Waals surface area contributed by atoms with Gasteiger partial charge in [-0.25, -0.2) is 0 Å². The summed E-state index contributed by atoms with van der Waals surface area (Å²) in [6.45, 7) is 4.27. The zero-order valence-electron chi connectivity index (χ0n) is 8.84. The third-order valence-electron chi connectivity index (χ3n) is 2.89. The van der Waals surface area contributed by atoms with Gasteiger partial charge in [0.2, 0.25) is 0 Å². The van der Waals surface area contributed by atoms with Crippen LogP contribution in [0.25, 0.3) is 0 Å². The van der Waals surface area contributed by atoms with E-state index in [-0.39, 0.29) is 0 Å². The van der Waals surface area contributed by atoms with E-state index in [1.807, 2.05) is 0 Å². The molecule has 0 radical (unpaired) electrons. The highest BCUT2D eigenvalue weighted by molar-refractivity contribution is 5.82. The second kappa shape index (κ2) is 3.56. The molecule has 1 atom stereocenters. The van der Waals surface area contributed by atoms with E-state index in [1.54, 1.807) is 0 Å². The van der Waals surface area contributed by atoms with Crippen molar-refractivity contribution in [3.05, 3.63) is 34.9 Å². The van der Waals surface area contributed by atoms with Gasteiger partial charge < -0.3 is 0 Å². The zero-order valence-corrected chi connectivity index (χ0v) is 8.84. The Morgan fingerprint density at radius 1 is 1.21 bits per heavy atom. The molecular formula is C13H16O. The molecule has 0 aliphatic heterocycles. The van der Waals surface area contributed by atoms with E-state index in [9.17, 15) is 4.79 Å². The molecule has 1 heteroatoms. The number of ketones is 1. The van der Waals surface area contributed by atoms with Gasteiger partial charge in [-0.3, -0.25) is 4.79 Å². The molecule has 0 saturated carbocycles. The first kappa shape index (κ1) is 9.45. The lowest BCUT2D eigenvalue weighted by atomic mass is 9.97. The van der Waals surface area contributed by atoms with E-state index in [4.69, 9.17) is 0 Å². The fourth-order valence-electron chi connectivity index (χ4n) is 2.24. The lowest BCUT2D eigenvalue weighted by Crippen LogP contribution is -2.04. The number of fused-ring (bicyclic) bond motifs is 1. The molecule has 0 bridgehead atoms. The highest BCUT2D eigenvalue weighted by Gasteiger charge is 2.18. The zero-order chi connectivity index (χ0) is 10.1. The number of carbonyl (C=O) groups excluding carboxylic acids is 1. The van der Waals surface area contributed by atoms with Crippen molar-refractivity contribution in [3.63, 3.8) is 0 Å². The van der Waals surface area contributed by atoms with Crippen molar-refractivity contribution in [3.8, 4) is 0 Å². The van der Waals surface area contributed by atoms with Crippen molar-refractivity contribution in [1.82, 2.24) is 0 Å². The number of benzene rings is 1. The van der Waals surface area contributed by atoms with Crippen LogP contribution >= 0.6 is 0 Å². The third-order valence-corrected chi connectivity index (χ3v) is 2.89. The van der Waals surface area contributed by atoms with Crippen LogP contribution in [0.3, 0.4) is 0 Å². The number of Topliss-reactive ketones (excluding diaryl/α,β-unsaturated/α-hetero) is 1. The topological polar surface area (TPSA) is 17.1 Å². The van der Waals surface area contributed by atoms with E-state index >= 15 is 0 Å². The predicted octanol–water partition coefficient (Wildman–Crippen LogP) is 2.69. The Morgan fingerprint density at radius 3 is 2.79 bits per heavy atom. The fraction of sp³-hybridized carbons (Fsp3) is 0.462. The molecule has 74 valence electrons. The summed E-state index contributed by atoms with van der Waals surface area (Å²) in [5, 5.41) is 0. The monoisotopic (exact) mass is 188 g/mol. The van der Waals surface area contributed by atoms with Crippen LogP contribution in [0.4, 0.5) is 0 Å². The van der Waals surface area contributed by atoms with Crippen molar-refractivity contribution in [2.75, 3.05) is 0 Å². The molecule has 0 amide bonds. The minimum Gasteiger partial charge on any atom is -0.299 e. The summed E-state index contributed by atoms with van der Waals surface area (Å²) >= 11 is 0. The maximum atomic E-state index is 11.5. The standard InChI is InChI=1S/C13H16O/c1-9-3-4-11-8-13(14)7-10(2)6-12(11)5-9/h3-5,10H,6-8H2,1-2H3/t10-/m0/s1. The summed E-state index contributed by atoms with van der Waals surface area (Å²) in [4.78, 5) is 11.5. The van der Waals surface area contributed by atoms with Crippen molar-refractivity contribution < 1.29 is 4.79 Å². The van der Waals surface area contributed by atoms with Crippen LogP contribution in [0, 0.1) is 12.8 Å². The fourth-order valence-corrected chi connectivity index (χ4v) is 2.24. The minimum absolute atomic E-state index is 0.389. The third kappa shape index (κ3) is 1.87. The van der Waals surface area contributed by atoms with E-state index < -0.39 is 0 Å². The van der Waals surface area contributed by atoms with Gasteiger partial charge in [0.05, 0.1) is 0 Å². The average molecular weight is 188 g/mol. The van der Waals surface area contributed by atoms with Crippen molar-refractivity contribution in [1.29, 1.82) is 0 Å². The molecule has 0 N–H and O–H groups in total. The molecule has 0 saturated heterocycles. The van der Waals surface area contributed by atoms with Crippen LogP contribution in [0.5, 0.6) is 0 Å². The van der Waals surface area contributed by atoms with Gasteiger partial charge >= 0.3 is 0 Å². The molecule has 1 aliphatic carbocycles. The van der Waals surface area contributed by atoms with Gasteiger partial charge in [-0.2, -0.15) is 0 Å². The summed E-state index contributed by atoms with van der Waals surface area (Å²) in [7, 11) is 0. The van der Waals surface area contributed by atoms with Crippen molar-refractivity contribution in [2.45, 2.75) is 33.1 Å². The molecule has 14 heavy (non-hydrogen) atoms. The Hall–Kier alpha value is -1.11. The van der Waals surface area contributed by atoms with Crippen molar-refractivity contribution in [2.24, 2.45) is 5.92 Å². The number of aryl methyl sites for hydroxylation is 1. The molecule has 0 fully saturated rings. The molecule has 0 unspecified atom stereocenters. The molecule has 1 aliphatic rings. The van der Waals surface area contributed by atoms with Crippen LogP contribution in [-0.2, 0) is 17.6 Å². The van der Waals surface area contributed by atoms with Crippen LogP contribution in [0.2, 0.25) is 0 Å². The van der Waals surface area contributed by atoms with Gasteiger partial charge in [0.15, 0.2) is 0 Å². The quantitative estimate of drug-likeness (QED) is 0.572. The van der Waals surface area contributed by atoms with Gasteiger partial charge in [-0.1, -0.05) is 30.7 Å². The Bertz CT molecular complexity index is 365. The largest absolute Gasteiger partial charge is 0.299 e. The SMILES string of the molecule is Cc1ccc2c(c1)C[C@H](C)CC(=O)C2. The maximum Gasteiger partial charge on any atom is 0.137 e. The van der Waals surface area contributed by atoms with Crippen molar-refractivity contribution >= 4 is 5.78 Å². The lowest BCUT2D eigenvalue weighted by molar-refractivity contribution is -0.119. The first-order valence-electron chi connectivity index (χ1n) is 5.25. The van der Waals surface area contributed by atoms with Crippen LogP contribution in [0.15, 0.2) is 18.2 Å². The summed E-state index contributed by atoms with van der Waals surface area (Å²) < 4.78 is 0. The average Bonchev–Trinajstić information content (AvgIpc) is 2.21. The van der Waals surface area contributed by atoms with Gasteiger partial charge in [0.1, 0.15) is 5.78 Å². The highest BCUT2D eigenvalue weighted by Crippen LogP contribution is 2.23. The molecular weight excluding hydrogens is 172 g/mol. The predicted molar refractivity (Wildman–Crippen MR) is 57.4 cm³/mol. The minimum atomic E-state index is 0.389. The number of hydrogen-bond acceptors (Lipinski definition) is 1. The Labute approximate surface area is 85.1 Å². The maximum absolute atomic E-state index is 11.5. The summed E-state index contributed by atoms with van der Waals surface area (Å²) in [5.74, 6) is 0.894. The highest BCUT2D eigenvalue weighted by atomic mass is 16.1. The van der Waals surface area contributed by atoms with Gasteiger partial charge in [-0.05, 0) is 30.4 Å². The van der Waals surface area contributed by atoms with E-state index in [0.717, 1.165) is 12.8 Å². The smallest absolute Gasteiger partial charge is 0.137 e. The van der Waals surface area contributed by atoms with E-state index in [0.29, 0.717) is 18.1 Å². The molecule has 1 aromatic rings. The lowest BCUT2D eigenvalue weighted by Gasteiger charge is -2.08. The number of carbonyl (C=O) groups is 1. The Balaban J connectivity index is 2.41. The summed E-state index contributed by atoms with van der Waals surface area (Å²) in [5.41, 5.74) is 3.92. The normalized spacial score (nSPS) is 21.6. The van der Waals surface area contributed by atoms with Crippen LogP contribution < -0.4 is 0 Å². The molecule has 1 nitrogen and oxygen atoms in total. The molecule has 2 rings (SSSR count). The molecule has 0 spiro atoms. The first-order chi connectivity index (χ1) is 6.65. The Kier molecular flexibility index (Phi) is 2.40. The summed E-state index contributed by atoms with van der Waals surface area (Å²) in [6, 6.07) is 6.44. The van der Waals surface area contributed by atoms with Gasteiger partial charge in [0.25, 0.3) is 0 Å². The first-order valence-corrected chi connectivity index (χ1v) is 5.25. The summed E-state index contributed by atoms with van der Waals surface area (Å²) in [6.07, 6.45) is 2.44. The van der Waals surface area contributed by atoms with Gasteiger partial charge in [-0.15, -0.1) is 0 Å². The van der Waals surface area contributed by atoms with Gasteiger partial charge in [0, 0.05) is 12.8 Å². The Morgan fingerprint density at radius 2 is 2.00 bits per heavy atom. The molecule has 0 aromatic heterocycles. The second-order valence-corrected chi connectivity index (χ2v) is 4.50. The second-order valence-electron chi connectivity index (χ2n) is 4.50. The molecule has 1 aromatic carbocycles.